The van der Waals surface area contributed by atoms with Crippen LogP contribution in [0.4, 0.5) is 0 Å². The smallest absolute Gasteiger partial charge is 0.127 e. The second-order valence-corrected chi connectivity index (χ2v) is 4.46. The first-order valence-electron chi connectivity index (χ1n) is 6.49. The van der Waals surface area contributed by atoms with Crippen LogP contribution in [0, 0.1) is 0 Å². The molecular weight excluding hydrogens is 238 g/mol. The number of ether oxygens (including phenoxy) is 1. The molecule has 0 aromatic heterocycles. The second kappa shape index (κ2) is 6.92. The van der Waals surface area contributed by atoms with Crippen LogP contribution in [-0.2, 0) is 0 Å². The fraction of sp³-hybridized carbons (Fsp3) is 0.250. The summed E-state index contributed by atoms with van der Waals surface area (Å²) in [7, 11) is 0. The van der Waals surface area contributed by atoms with E-state index in [1.807, 2.05) is 54.6 Å². The molecule has 0 saturated heterocycles. The normalized spacial score (nSPS) is 12.1. The Kier molecular flexibility index (Phi) is 4.95. The predicted molar refractivity (Wildman–Crippen MR) is 76.2 cm³/mol. The van der Waals surface area contributed by atoms with Gasteiger partial charge in [0.15, 0.2) is 0 Å². The maximum Gasteiger partial charge on any atom is 0.127 e. The lowest BCUT2D eigenvalue weighted by atomic mass is 10.0. The van der Waals surface area contributed by atoms with Crippen molar-refractivity contribution in [2.24, 2.45) is 5.73 Å². The van der Waals surface area contributed by atoms with E-state index < -0.39 is 0 Å². The van der Waals surface area contributed by atoms with E-state index in [1.165, 1.54) is 0 Å². The lowest BCUT2D eigenvalue weighted by Crippen LogP contribution is -2.10. The molecule has 3 nitrogen and oxygen atoms in total. The predicted octanol–water partition coefficient (Wildman–Crippen LogP) is 3.25. The number of aliphatic hydroxyl groups is 1. The molecule has 3 N–H and O–H groups in total. The molecule has 2 aromatic rings. The van der Waals surface area contributed by atoms with Crippen molar-refractivity contribution in [1.82, 2.24) is 0 Å². The van der Waals surface area contributed by atoms with Crippen LogP contribution in [0.1, 0.15) is 24.4 Å². The van der Waals surface area contributed by atoms with E-state index in [2.05, 4.69) is 0 Å². The van der Waals surface area contributed by atoms with E-state index >= 15 is 0 Å². The van der Waals surface area contributed by atoms with Crippen molar-refractivity contribution in [1.29, 1.82) is 0 Å². The molecular formula is C16H19NO2. The third-order valence-electron chi connectivity index (χ3n) is 2.96. The van der Waals surface area contributed by atoms with E-state index in [1.54, 1.807) is 0 Å². The van der Waals surface area contributed by atoms with Gasteiger partial charge in [-0.05, 0) is 42.7 Å². The minimum atomic E-state index is -0.0297. The Labute approximate surface area is 113 Å². The highest BCUT2D eigenvalue weighted by atomic mass is 16.5. The largest absolute Gasteiger partial charge is 0.457 e. The number of hydrogen-bond donors (Lipinski definition) is 2. The Hall–Kier alpha value is -1.84. The summed E-state index contributed by atoms with van der Waals surface area (Å²) in [6.07, 6.45) is 1.51. The molecule has 0 unspecified atom stereocenters. The van der Waals surface area contributed by atoms with Crippen molar-refractivity contribution >= 4 is 0 Å². The third kappa shape index (κ3) is 4.09. The highest BCUT2D eigenvalue weighted by molar-refractivity contribution is 5.33. The van der Waals surface area contributed by atoms with Gasteiger partial charge in [-0.1, -0.05) is 30.3 Å². The molecule has 0 radical (unpaired) electrons. The molecule has 3 heteroatoms. The number of hydrogen-bond acceptors (Lipinski definition) is 3. The van der Waals surface area contributed by atoms with Crippen LogP contribution < -0.4 is 10.5 Å². The first-order chi connectivity index (χ1) is 9.29. The average molecular weight is 257 g/mol. The van der Waals surface area contributed by atoms with Gasteiger partial charge in [-0.15, -0.1) is 0 Å². The zero-order valence-electron chi connectivity index (χ0n) is 10.8. The van der Waals surface area contributed by atoms with E-state index in [0.29, 0.717) is 0 Å². The fourth-order valence-electron chi connectivity index (χ4n) is 1.89. The quantitative estimate of drug-likeness (QED) is 0.835. The molecule has 0 saturated carbocycles. The average Bonchev–Trinajstić information content (AvgIpc) is 2.46. The van der Waals surface area contributed by atoms with Crippen LogP contribution in [0.3, 0.4) is 0 Å². The van der Waals surface area contributed by atoms with Crippen LogP contribution in [0.5, 0.6) is 11.5 Å². The lowest BCUT2D eigenvalue weighted by Gasteiger charge is -2.12. The van der Waals surface area contributed by atoms with Gasteiger partial charge in [-0.3, -0.25) is 0 Å². The van der Waals surface area contributed by atoms with E-state index in [0.717, 1.165) is 29.9 Å². The summed E-state index contributed by atoms with van der Waals surface area (Å²) in [6, 6.07) is 17.4. The first kappa shape index (κ1) is 13.6. The van der Waals surface area contributed by atoms with Crippen molar-refractivity contribution in [3.05, 3.63) is 60.2 Å². The van der Waals surface area contributed by atoms with Gasteiger partial charge in [0, 0.05) is 12.6 Å². The molecule has 0 bridgehead atoms. The molecule has 2 aromatic carbocycles. The van der Waals surface area contributed by atoms with Gasteiger partial charge in [0.2, 0.25) is 0 Å². The molecule has 100 valence electrons. The SMILES string of the molecule is N[C@H](CCCO)c1ccc(Oc2ccccc2)cc1. The van der Waals surface area contributed by atoms with Gasteiger partial charge < -0.3 is 15.6 Å². The maximum absolute atomic E-state index is 8.79. The number of para-hydroxylation sites is 1. The number of nitrogens with two attached hydrogens (primary N) is 1. The summed E-state index contributed by atoms with van der Waals surface area (Å²) < 4.78 is 5.71. The van der Waals surface area contributed by atoms with E-state index in [4.69, 9.17) is 15.6 Å². The molecule has 1 atom stereocenters. The highest BCUT2D eigenvalue weighted by Gasteiger charge is 2.05. The molecule has 0 spiro atoms. The maximum atomic E-state index is 8.79. The van der Waals surface area contributed by atoms with Crippen LogP contribution in [-0.4, -0.2) is 11.7 Å². The van der Waals surface area contributed by atoms with Gasteiger partial charge in [0.25, 0.3) is 0 Å². The molecule has 0 aliphatic heterocycles. The van der Waals surface area contributed by atoms with Crippen LogP contribution in [0.25, 0.3) is 0 Å². The van der Waals surface area contributed by atoms with Gasteiger partial charge in [0.1, 0.15) is 11.5 Å². The Bertz CT molecular complexity index is 482. The van der Waals surface area contributed by atoms with Crippen molar-refractivity contribution in [3.63, 3.8) is 0 Å². The van der Waals surface area contributed by atoms with Crippen molar-refractivity contribution in [3.8, 4) is 11.5 Å². The number of benzene rings is 2. The Morgan fingerprint density at radius 1 is 0.947 bits per heavy atom. The highest BCUT2D eigenvalue weighted by Crippen LogP contribution is 2.23. The van der Waals surface area contributed by atoms with Crippen LogP contribution in [0.15, 0.2) is 54.6 Å². The molecule has 0 heterocycles. The topological polar surface area (TPSA) is 55.5 Å². The zero-order valence-corrected chi connectivity index (χ0v) is 10.8. The second-order valence-electron chi connectivity index (χ2n) is 4.46. The molecule has 0 aliphatic carbocycles. The Balaban J connectivity index is 1.98. The monoisotopic (exact) mass is 257 g/mol. The van der Waals surface area contributed by atoms with Gasteiger partial charge in [0.05, 0.1) is 0 Å². The summed E-state index contributed by atoms with van der Waals surface area (Å²) in [4.78, 5) is 0. The summed E-state index contributed by atoms with van der Waals surface area (Å²) in [6.45, 7) is 0.183. The van der Waals surface area contributed by atoms with Gasteiger partial charge in [-0.2, -0.15) is 0 Å². The molecule has 2 rings (SSSR count). The fourth-order valence-corrected chi connectivity index (χ4v) is 1.89. The summed E-state index contributed by atoms with van der Waals surface area (Å²) in [5, 5.41) is 8.79. The summed E-state index contributed by atoms with van der Waals surface area (Å²) >= 11 is 0. The number of aliphatic hydroxyl groups excluding tert-OH is 1. The molecule has 0 fully saturated rings. The first-order valence-corrected chi connectivity index (χ1v) is 6.49. The minimum Gasteiger partial charge on any atom is -0.457 e. The van der Waals surface area contributed by atoms with Crippen LogP contribution >= 0.6 is 0 Å². The zero-order chi connectivity index (χ0) is 13.5. The van der Waals surface area contributed by atoms with Crippen molar-refractivity contribution in [2.75, 3.05) is 6.61 Å². The van der Waals surface area contributed by atoms with Gasteiger partial charge in [-0.25, -0.2) is 0 Å². The molecule has 19 heavy (non-hydrogen) atoms. The summed E-state index contributed by atoms with van der Waals surface area (Å²) in [5.74, 6) is 1.61. The molecule has 0 aliphatic rings. The molecule has 0 amide bonds. The Morgan fingerprint density at radius 3 is 2.21 bits per heavy atom. The number of rotatable bonds is 6. The van der Waals surface area contributed by atoms with Crippen molar-refractivity contribution < 1.29 is 9.84 Å². The standard InChI is InChI=1S/C16H19NO2/c17-16(7-4-12-18)13-8-10-15(11-9-13)19-14-5-2-1-3-6-14/h1-3,5-6,8-11,16,18H,4,7,12,17H2/t16-/m1/s1. The lowest BCUT2D eigenvalue weighted by molar-refractivity contribution is 0.280. The third-order valence-corrected chi connectivity index (χ3v) is 2.96. The van der Waals surface area contributed by atoms with E-state index in [9.17, 15) is 0 Å². The van der Waals surface area contributed by atoms with Crippen LogP contribution in [0.2, 0.25) is 0 Å². The summed E-state index contributed by atoms with van der Waals surface area (Å²) in [5.41, 5.74) is 7.10. The minimum absolute atomic E-state index is 0.0297. The van der Waals surface area contributed by atoms with E-state index in [-0.39, 0.29) is 12.6 Å². The Morgan fingerprint density at radius 2 is 1.58 bits per heavy atom. The van der Waals surface area contributed by atoms with Crippen molar-refractivity contribution in [2.45, 2.75) is 18.9 Å². The van der Waals surface area contributed by atoms with Gasteiger partial charge >= 0.3 is 0 Å².